The Morgan fingerprint density at radius 1 is 1.10 bits per heavy atom. The Morgan fingerprint density at radius 3 is 2.28 bits per heavy atom. The maximum atomic E-state index is 12.9. The minimum atomic E-state index is -1.03. The van der Waals surface area contributed by atoms with Gasteiger partial charge in [-0.05, 0) is 35.1 Å². The molecule has 3 rings (SSSR count). The number of hydrogen-bond donors (Lipinski definition) is 1. The standard InChI is InChI=1S/C24H29NO4/c1-3-5-14-22(23(26)27)25(15-4-2)24(28)29-16-21-19-12-8-6-10-17(19)18-11-7-9-13-20(18)21/h6-13,21-22H,3-5,14-16H2,1-2H3,(H,26,27)/t22-/m0/s1/i2D. The second-order valence-electron chi connectivity index (χ2n) is 7.35. The summed E-state index contributed by atoms with van der Waals surface area (Å²) in [5.74, 6) is -1.10. The lowest BCUT2D eigenvalue weighted by atomic mass is 9.98. The molecule has 1 aliphatic rings. The van der Waals surface area contributed by atoms with Crippen LogP contribution < -0.4 is 0 Å². The number of rotatable bonds is 9. The average molecular weight is 397 g/mol. The van der Waals surface area contributed by atoms with Crippen molar-refractivity contribution < 1.29 is 20.8 Å². The van der Waals surface area contributed by atoms with Crippen LogP contribution in [0, 0.1) is 0 Å². The van der Waals surface area contributed by atoms with Crippen LogP contribution in [0.4, 0.5) is 4.79 Å². The number of amides is 1. The SMILES string of the molecule is [2H]CCCN(C(=O)OCC1c2ccccc2-c2ccccc21)[C@@H](CCCC)C(=O)O. The van der Waals surface area contributed by atoms with E-state index in [1.54, 1.807) is 0 Å². The van der Waals surface area contributed by atoms with Crippen molar-refractivity contribution in [3.8, 4) is 11.1 Å². The summed E-state index contributed by atoms with van der Waals surface area (Å²) in [4.78, 5) is 26.0. The molecule has 0 spiro atoms. The van der Waals surface area contributed by atoms with E-state index >= 15 is 0 Å². The number of carboxylic acids is 1. The molecular weight excluding hydrogens is 366 g/mol. The molecule has 1 amide bonds. The fourth-order valence-corrected chi connectivity index (χ4v) is 4.03. The number of aliphatic carboxylic acids is 1. The first-order chi connectivity index (χ1) is 14.6. The molecule has 1 atom stereocenters. The first-order valence-corrected chi connectivity index (χ1v) is 10.2. The number of nitrogens with zero attached hydrogens (tertiary/aromatic N) is 1. The lowest BCUT2D eigenvalue weighted by Gasteiger charge is -2.28. The van der Waals surface area contributed by atoms with Crippen LogP contribution >= 0.6 is 0 Å². The third-order valence-electron chi connectivity index (χ3n) is 5.46. The molecule has 2 aromatic carbocycles. The Hall–Kier alpha value is -2.82. The number of hydrogen-bond acceptors (Lipinski definition) is 3. The molecule has 0 radical (unpaired) electrons. The predicted octanol–water partition coefficient (Wildman–Crippen LogP) is 5.29. The van der Waals surface area contributed by atoms with E-state index in [0.29, 0.717) is 19.3 Å². The molecule has 154 valence electrons. The van der Waals surface area contributed by atoms with Crippen LogP contribution in [0.2, 0.25) is 0 Å². The molecule has 0 aromatic heterocycles. The molecule has 0 saturated heterocycles. The van der Waals surface area contributed by atoms with Gasteiger partial charge in [0.05, 0.1) is 0 Å². The van der Waals surface area contributed by atoms with Crippen molar-refractivity contribution >= 4 is 12.1 Å². The summed E-state index contributed by atoms with van der Waals surface area (Å²) < 4.78 is 13.1. The Labute approximate surface area is 173 Å². The van der Waals surface area contributed by atoms with E-state index in [9.17, 15) is 14.7 Å². The Kier molecular flexibility index (Phi) is 6.45. The smallest absolute Gasteiger partial charge is 0.410 e. The van der Waals surface area contributed by atoms with E-state index in [1.165, 1.54) is 4.90 Å². The van der Waals surface area contributed by atoms with Crippen molar-refractivity contribution in [1.29, 1.82) is 0 Å². The molecule has 0 aliphatic heterocycles. The van der Waals surface area contributed by atoms with Crippen molar-refractivity contribution in [1.82, 2.24) is 4.90 Å². The van der Waals surface area contributed by atoms with Crippen LogP contribution in [0.25, 0.3) is 11.1 Å². The van der Waals surface area contributed by atoms with Crippen molar-refractivity contribution in [2.75, 3.05) is 13.2 Å². The number of carboxylic acid groups (broad SMARTS) is 1. The van der Waals surface area contributed by atoms with Gasteiger partial charge in [0.1, 0.15) is 12.6 Å². The fraction of sp³-hybridized carbons (Fsp3) is 0.417. The summed E-state index contributed by atoms with van der Waals surface area (Å²) in [5, 5.41) is 9.66. The fourth-order valence-electron chi connectivity index (χ4n) is 4.03. The van der Waals surface area contributed by atoms with Crippen LogP contribution in [0.5, 0.6) is 0 Å². The highest BCUT2D eigenvalue weighted by Gasteiger charge is 2.32. The molecule has 1 aliphatic carbocycles. The topological polar surface area (TPSA) is 66.8 Å². The van der Waals surface area contributed by atoms with E-state index in [-0.39, 0.29) is 26.0 Å². The molecular formula is C24H29NO4. The molecule has 0 saturated carbocycles. The number of carbonyl (C=O) groups is 2. The van der Waals surface area contributed by atoms with E-state index in [2.05, 4.69) is 12.1 Å². The summed E-state index contributed by atoms with van der Waals surface area (Å²) >= 11 is 0. The van der Waals surface area contributed by atoms with Gasteiger partial charge in [-0.3, -0.25) is 4.90 Å². The van der Waals surface area contributed by atoms with Crippen LogP contribution in [-0.2, 0) is 9.53 Å². The third kappa shape index (κ3) is 4.44. The van der Waals surface area contributed by atoms with Gasteiger partial charge in [0, 0.05) is 13.8 Å². The minimum absolute atomic E-state index is 0.0710. The number of ether oxygens (including phenoxy) is 1. The molecule has 0 heterocycles. The molecule has 0 bridgehead atoms. The zero-order chi connectivity index (χ0) is 21.5. The Morgan fingerprint density at radius 2 is 1.72 bits per heavy atom. The van der Waals surface area contributed by atoms with Crippen molar-refractivity contribution in [2.24, 2.45) is 0 Å². The van der Waals surface area contributed by atoms with Crippen LogP contribution in [0.15, 0.2) is 48.5 Å². The normalized spacial score (nSPS) is 13.9. The van der Waals surface area contributed by atoms with Gasteiger partial charge in [-0.25, -0.2) is 9.59 Å². The number of unbranched alkanes of at least 4 members (excludes halogenated alkanes) is 1. The summed E-state index contributed by atoms with van der Waals surface area (Å²) in [5.41, 5.74) is 4.52. The highest BCUT2D eigenvalue weighted by Crippen LogP contribution is 2.44. The largest absolute Gasteiger partial charge is 0.480 e. The van der Waals surface area contributed by atoms with Crippen molar-refractivity contribution in [3.05, 3.63) is 59.7 Å². The zero-order valence-corrected chi connectivity index (χ0v) is 16.8. The number of fused-ring (bicyclic) bond motifs is 3. The molecule has 1 N–H and O–H groups in total. The minimum Gasteiger partial charge on any atom is -0.480 e. The highest BCUT2D eigenvalue weighted by atomic mass is 16.6. The monoisotopic (exact) mass is 396 g/mol. The van der Waals surface area contributed by atoms with E-state index in [0.717, 1.165) is 28.7 Å². The lowest BCUT2D eigenvalue weighted by molar-refractivity contribution is -0.143. The number of carbonyl (C=O) groups excluding carboxylic acids is 1. The Balaban J connectivity index is 1.77. The molecule has 29 heavy (non-hydrogen) atoms. The van der Waals surface area contributed by atoms with Gasteiger partial charge < -0.3 is 9.84 Å². The Bertz CT molecular complexity index is 840. The van der Waals surface area contributed by atoms with Crippen LogP contribution in [-0.4, -0.2) is 41.3 Å². The van der Waals surface area contributed by atoms with Gasteiger partial charge in [-0.1, -0.05) is 75.2 Å². The summed E-state index contributed by atoms with van der Waals surface area (Å²) in [6.45, 7) is 2.48. The third-order valence-corrected chi connectivity index (χ3v) is 5.46. The summed E-state index contributed by atoms with van der Waals surface area (Å²) in [7, 11) is 0. The maximum absolute atomic E-state index is 12.9. The molecule has 5 heteroatoms. The van der Waals surface area contributed by atoms with Crippen LogP contribution in [0.1, 0.15) is 57.9 Å². The van der Waals surface area contributed by atoms with Gasteiger partial charge in [0.25, 0.3) is 0 Å². The maximum Gasteiger partial charge on any atom is 0.410 e. The zero-order valence-electron chi connectivity index (χ0n) is 17.8. The first-order valence-electron chi connectivity index (χ1n) is 10.9. The number of benzene rings is 2. The lowest BCUT2D eigenvalue weighted by Crippen LogP contribution is -2.46. The highest BCUT2D eigenvalue weighted by molar-refractivity contribution is 5.81. The quantitative estimate of drug-likeness (QED) is 0.625. The first kappa shape index (κ1) is 19.5. The van der Waals surface area contributed by atoms with Crippen molar-refractivity contribution in [2.45, 2.75) is 51.5 Å². The van der Waals surface area contributed by atoms with Gasteiger partial charge in [0.2, 0.25) is 0 Å². The van der Waals surface area contributed by atoms with Gasteiger partial charge in [-0.2, -0.15) is 0 Å². The second-order valence-corrected chi connectivity index (χ2v) is 7.35. The van der Waals surface area contributed by atoms with E-state index in [4.69, 9.17) is 6.11 Å². The van der Waals surface area contributed by atoms with Crippen LogP contribution in [0.3, 0.4) is 0 Å². The predicted molar refractivity (Wildman–Crippen MR) is 113 cm³/mol. The van der Waals surface area contributed by atoms with E-state index < -0.39 is 18.1 Å². The molecule has 0 fully saturated rings. The molecule has 2 aromatic rings. The summed E-state index contributed by atoms with van der Waals surface area (Å²) in [6, 6.07) is 15.3. The van der Waals surface area contributed by atoms with E-state index in [1.807, 2.05) is 43.3 Å². The average Bonchev–Trinajstić information content (AvgIpc) is 3.08. The summed E-state index contributed by atoms with van der Waals surface area (Å²) in [6.07, 6.45) is 1.74. The molecule has 0 unspecified atom stereocenters. The van der Waals surface area contributed by atoms with Crippen molar-refractivity contribution in [3.63, 3.8) is 0 Å². The van der Waals surface area contributed by atoms with Gasteiger partial charge in [0.15, 0.2) is 0 Å². The second kappa shape index (κ2) is 9.59. The van der Waals surface area contributed by atoms with Gasteiger partial charge in [-0.15, -0.1) is 0 Å². The molecule has 5 nitrogen and oxygen atoms in total. The van der Waals surface area contributed by atoms with Gasteiger partial charge >= 0.3 is 12.1 Å².